The molecule has 2 atom stereocenters. The summed E-state index contributed by atoms with van der Waals surface area (Å²) in [7, 11) is -3.60. The van der Waals surface area contributed by atoms with Gasteiger partial charge in [-0.15, -0.1) is 0 Å². The van der Waals surface area contributed by atoms with E-state index in [-0.39, 0.29) is 29.9 Å². The van der Waals surface area contributed by atoms with Gasteiger partial charge < -0.3 is 9.47 Å². The van der Waals surface area contributed by atoms with E-state index in [4.69, 9.17) is 9.47 Å². The molecule has 0 aromatic heterocycles. The number of sulfonamides is 1. The lowest BCUT2D eigenvalue weighted by atomic mass is 10.0. The Morgan fingerprint density at radius 1 is 1.12 bits per heavy atom. The molecule has 2 aliphatic heterocycles. The Balaban J connectivity index is 1.61. The topological polar surface area (TPSA) is 55.8 Å². The van der Waals surface area contributed by atoms with Gasteiger partial charge in [-0.2, -0.15) is 4.31 Å². The van der Waals surface area contributed by atoms with Gasteiger partial charge in [0.15, 0.2) is 5.79 Å². The third-order valence-electron chi connectivity index (χ3n) is 4.90. The number of hydrogen-bond acceptors (Lipinski definition) is 4. The maximum Gasteiger partial charge on any atom is 0.243 e. The van der Waals surface area contributed by atoms with Crippen LogP contribution in [0.25, 0.3) is 0 Å². The Morgan fingerprint density at radius 2 is 1.81 bits per heavy atom. The number of nitrogens with zero attached hydrogens (tertiary/aromatic N) is 1. The van der Waals surface area contributed by atoms with Gasteiger partial charge in [-0.3, -0.25) is 0 Å². The maximum absolute atomic E-state index is 13.2. The predicted octanol–water partition coefficient (Wildman–Crippen LogP) is 2.80. The summed E-state index contributed by atoms with van der Waals surface area (Å²) >= 11 is 0. The molecule has 0 N–H and O–H groups in total. The van der Waals surface area contributed by atoms with Crippen molar-refractivity contribution >= 4 is 10.0 Å². The zero-order valence-corrected chi connectivity index (χ0v) is 15.2. The van der Waals surface area contributed by atoms with Gasteiger partial charge in [-0.25, -0.2) is 12.8 Å². The van der Waals surface area contributed by atoms with E-state index in [1.54, 1.807) is 36.4 Å². The van der Waals surface area contributed by atoms with Crippen LogP contribution in [0.3, 0.4) is 0 Å². The summed E-state index contributed by atoms with van der Waals surface area (Å²) in [5.74, 6) is -1.35. The molecule has 0 radical (unpaired) electrons. The lowest BCUT2D eigenvalue weighted by Gasteiger charge is -2.28. The van der Waals surface area contributed by atoms with E-state index in [1.165, 1.54) is 16.4 Å². The molecule has 2 aliphatic rings. The average molecular weight is 377 g/mol. The van der Waals surface area contributed by atoms with E-state index >= 15 is 0 Å². The molecule has 0 saturated carbocycles. The SMILES string of the molecule is Cc1ccc(S(=O)(=O)N2CC[C@]3(c4ccc(F)cc4)OC[C@H](C2)O3)cc1. The molecule has 2 fully saturated rings. The van der Waals surface area contributed by atoms with Gasteiger partial charge in [0.2, 0.25) is 10.0 Å². The Morgan fingerprint density at radius 3 is 2.50 bits per heavy atom. The molecule has 138 valence electrons. The molecule has 0 unspecified atom stereocenters. The van der Waals surface area contributed by atoms with Crippen LogP contribution < -0.4 is 0 Å². The average Bonchev–Trinajstić information content (AvgIpc) is 2.91. The summed E-state index contributed by atoms with van der Waals surface area (Å²) in [5, 5.41) is 0. The molecule has 0 spiro atoms. The molecule has 26 heavy (non-hydrogen) atoms. The van der Waals surface area contributed by atoms with Crippen LogP contribution in [0, 0.1) is 12.7 Å². The van der Waals surface area contributed by atoms with Crippen LogP contribution in [0.4, 0.5) is 4.39 Å². The first-order valence-corrected chi connectivity index (χ1v) is 9.98. The highest BCUT2D eigenvalue weighted by molar-refractivity contribution is 7.89. The number of rotatable bonds is 3. The Kier molecular flexibility index (Phi) is 4.35. The van der Waals surface area contributed by atoms with Crippen molar-refractivity contribution in [1.82, 2.24) is 4.31 Å². The summed E-state index contributed by atoms with van der Waals surface area (Å²) < 4.78 is 52.6. The molecule has 2 bridgehead atoms. The van der Waals surface area contributed by atoms with Crippen molar-refractivity contribution in [3.63, 3.8) is 0 Å². The van der Waals surface area contributed by atoms with E-state index < -0.39 is 15.8 Å². The van der Waals surface area contributed by atoms with Crippen molar-refractivity contribution < 1.29 is 22.3 Å². The fraction of sp³-hybridized carbons (Fsp3) is 0.368. The lowest BCUT2D eigenvalue weighted by molar-refractivity contribution is -0.174. The Hall–Kier alpha value is -1.80. The van der Waals surface area contributed by atoms with Gasteiger partial charge >= 0.3 is 0 Å². The van der Waals surface area contributed by atoms with E-state index in [0.29, 0.717) is 18.6 Å². The first-order valence-electron chi connectivity index (χ1n) is 8.54. The predicted molar refractivity (Wildman–Crippen MR) is 93.5 cm³/mol. The molecule has 2 aromatic rings. The van der Waals surface area contributed by atoms with Crippen LogP contribution in [-0.2, 0) is 25.3 Å². The third-order valence-corrected chi connectivity index (χ3v) is 6.78. The minimum Gasteiger partial charge on any atom is -0.343 e. The zero-order valence-electron chi connectivity index (χ0n) is 14.4. The largest absolute Gasteiger partial charge is 0.343 e. The highest BCUT2D eigenvalue weighted by atomic mass is 32.2. The minimum atomic E-state index is -3.60. The molecule has 4 rings (SSSR count). The standard InChI is InChI=1S/C19H20FNO4S/c1-14-2-8-18(9-3-14)26(22,23)21-11-10-19(24-13-17(12-21)25-19)15-4-6-16(20)7-5-15/h2-9,17H,10-13H2,1H3/t17-,19-/m0/s1. The second-order valence-corrected chi connectivity index (χ2v) is 8.67. The van der Waals surface area contributed by atoms with E-state index in [2.05, 4.69) is 0 Å². The first kappa shape index (κ1) is 17.6. The molecule has 2 heterocycles. The molecule has 0 amide bonds. The van der Waals surface area contributed by atoms with Crippen molar-refractivity contribution in [1.29, 1.82) is 0 Å². The highest BCUT2D eigenvalue weighted by Gasteiger charge is 2.47. The fourth-order valence-electron chi connectivity index (χ4n) is 3.45. The van der Waals surface area contributed by atoms with Gasteiger partial charge in [0.25, 0.3) is 0 Å². The maximum atomic E-state index is 13.2. The number of halogens is 1. The van der Waals surface area contributed by atoms with Gasteiger partial charge in [0.05, 0.1) is 17.6 Å². The van der Waals surface area contributed by atoms with E-state index in [0.717, 1.165) is 5.56 Å². The van der Waals surface area contributed by atoms with Crippen LogP contribution >= 0.6 is 0 Å². The number of benzene rings is 2. The highest BCUT2D eigenvalue weighted by Crippen LogP contribution is 2.40. The van der Waals surface area contributed by atoms with Crippen molar-refractivity contribution in [2.24, 2.45) is 0 Å². The van der Waals surface area contributed by atoms with E-state index in [9.17, 15) is 12.8 Å². The van der Waals surface area contributed by atoms with Crippen LogP contribution in [-0.4, -0.2) is 38.5 Å². The molecule has 0 aliphatic carbocycles. The summed E-state index contributed by atoms with van der Waals surface area (Å²) in [6, 6.07) is 12.8. The summed E-state index contributed by atoms with van der Waals surface area (Å²) in [6.45, 7) is 2.72. The summed E-state index contributed by atoms with van der Waals surface area (Å²) in [5.41, 5.74) is 1.71. The van der Waals surface area contributed by atoms with E-state index in [1.807, 2.05) is 6.92 Å². The number of fused-ring (bicyclic) bond motifs is 2. The number of ether oxygens (including phenoxy) is 2. The van der Waals surface area contributed by atoms with Gasteiger partial charge in [-0.1, -0.05) is 29.8 Å². The first-order chi connectivity index (χ1) is 12.4. The Bertz CT molecular complexity index is 898. The van der Waals surface area contributed by atoms with Crippen LogP contribution in [0.1, 0.15) is 17.5 Å². The number of hydrogen-bond donors (Lipinski definition) is 0. The van der Waals surface area contributed by atoms with Crippen LogP contribution in [0.2, 0.25) is 0 Å². The second kappa shape index (κ2) is 6.42. The molecule has 2 aromatic carbocycles. The van der Waals surface area contributed by atoms with Crippen molar-refractivity contribution in [3.8, 4) is 0 Å². The third kappa shape index (κ3) is 3.05. The van der Waals surface area contributed by atoms with Gasteiger partial charge in [-0.05, 0) is 31.2 Å². The normalized spacial score (nSPS) is 26.6. The Labute approximate surface area is 152 Å². The molecule has 7 heteroatoms. The van der Waals surface area contributed by atoms with Crippen LogP contribution in [0.5, 0.6) is 0 Å². The molecular formula is C19H20FNO4S. The van der Waals surface area contributed by atoms with Crippen molar-refractivity contribution in [2.45, 2.75) is 30.1 Å². The van der Waals surface area contributed by atoms with Gasteiger partial charge in [0, 0.05) is 25.1 Å². The minimum absolute atomic E-state index is 0.235. The second-order valence-electron chi connectivity index (χ2n) is 6.74. The van der Waals surface area contributed by atoms with Crippen molar-refractivity contribution in [3.05, 3.63) is 65.5 Å². The summed E-state index contributed by atoms with van der Waals surface area (Å²) in [6.07, 6.45) is -0.0111. The molecule has 5 nitrogen and oxygen atoms in total. The molecular weight excluding hydrogens is 357 g/mol. The van der Waals surface area contributed by atoms with Crippen LogP contribution in [0.15, 0.2) is 53.4 Å². The van der Waals surface area contributed by atoms with Gasteiger partial charge in [0.1, 0.15) is 5.82 Å². The molecule has 2 saturated heterocycles. The lowest BCUT2D eigenvalue weighted by Crippen LogP contribution is -2.39. The number of aryl methyl sites for hydroxylation is 1. The van der Waals surface area contributed by atoms with Crippen molar-refractivity contribution in [2.75, 3.05) is 19.7 Å². The fourth-order valence-corrected chi connectivity index (χ4v) is 4.93. The zero-order chi connectivity index (χ0) is 18.4. The quantitative estimate of drug-likeness (QED) is 0.825. The monoisotopic (exact) mass is 377 g/mol. The summed E-state index contributed by atoms with van der Waals surface area (Å²) in [4.78, 5) is 0.276. The smallest absolute Gasteiger partial charge is 0.243 e.